The van der Waals surface area contributed by atoms with E-state index in [1.807, 2.05) is 18.2 Å². The molecule has 1 aliphatic rings. The third-order valence-corrected chi connectivity index (χ3v) is 5.58. The average Bonchev–Trinajstić information content (AvgIpc) is 2.98. The highest BCUT2D eigenvalue weighted by molar-refractivity contribution is 6.42. The van der Waals surface area contributed by atoms with Gasteiger partial charge in [0.2, 0.25) is 0 Å². The van der Waals surface area contributed by atoms with Crippen LogP contribution in [0.4, 0.5) is 0 Å². The summed E-state index contributed by atoms with van der Waals surface area (Å²) in [4.78, 5) is 2.57. The summed E-state index contributed by atoms with van der Waals surface area (Å²) in [5, 5.41) is 1.17. The van der Waals surface area contributed by atoms with Crippen molar-refractivity contribution in [2.24, 2.45) is 5.73 Å². The molecule has 0 aliphatic carbocycles. The van der Waals surface area contributed by atoms with E-state index in [0.717, 1.165) is 31.5 Å². The molecule has 0 radical (unpaired) electrons. The Hall–Kier alpha value is -0.280. The van der Waals surface area contributed by atoms with E-state index in [9.17, 15) is 0 Å². The van der Waals surface area contributed by atoms with Gasteiger partial charge in [0.05, 0.1) is 10.0 Å². The van der Waals surface area contributed by atoms with Crippen LogP contribution in [0.3, 0.4) is 0 Å². The summed E-state index contributed by atoms with van der Waals surface area (Å²) in [5.41, 5.74) is 7.75. The third-order valence-electron chi connectivity index (χ3n) is 4.84. The van der Waals surface area contributed by atoms with Crippen molar-refractivity contribution in [2.45, 2.75) is 51.1 Å². The maximum atomic E-state index is 6.65. The Morgan fingerprint density at radius 1 is 1.15 bits per heavy atom. The van der Waals surface area contributed by atoms with Crippen LogP contribution in [0.15, 0.2) is 18.2 Å². The Balaban J connectivity index is 2.34. The fraction of sp³-hybridized carbons (Fsp3) is 0.625. The molecular formula is C16H24Cl2N2. The van der Waals surface area contributed by atoms with E-state index in [1.165, 1.54) is 12.8 Å². The molecule has 1 aliphatic heterocycles. The molecule has 2 nitrogen and oxygen atoms in total. The summed E-state index contributed by atoms with van der Waals surface area (Å²) in [7, 11) is 0. The smallest absolute Gasteiger partial charge is 0.0595 e. The molecule has 1 atom stereocenters. The lowest BCUT2D eigenvalue weighted by Crippen LogP contribution is -2.53. The number of nitrogens with two attached hydrogens (primary N) is 1. The van der Waals surface area contributed by atoms with E-state index in [1.54, 1.807) is 0 Å². The first-order valence-electron chi connectivity index (χ1n) is 7.50. The number of hydrogen-bond acceptors (Lipinski definition) is 2. The molecular weight excluding hydrogens is 291 g/mol. The van der Waals surface area contributed by atoms with Gasteiger partial charge >= 0.3 is 0 Å². The Bertz CT molecular complexity index is 452. The maximum Gasteiger partial charge on any atom is 0.0595 e. The first-order valence-corrected chi connectivity index (χ1v) is 8.26. The number of hydrogen-bond donors (Lipinski definition) is 1. The van der Waals surface area contributed by atoms with E-state index in [0.29, 0.717) is 10.0 Å². The number of nitrogens with zero attached hydrogens (tertiary/aromatic N) is 1. The van der Waals surface area contributed by atoms with Gasteiger partial charge in [-0.2, -0.15) is 0 Å². The zero-order valence-corrected chi connectivity index (χ0v) is 13.8. The fourth-order valence-electron chi connectivity index (χ4n) is 3.51. The van der Waals surface area contributed by atoms with Gasteiger partial charge in [-0.05, 0) is 56.5 Å². The minimum atomic E-state index is -0.0367. The molecule has 0 spiro atoms. The van der Waals surface area contributed by atoms with E-state index in [4.69, 9.17) is 28.9 Å². The minimum absolute atomic E-state index is 0.0215. The van der Waals surface area contributed by atoms with Crippen LogP contribution in [-0.4, -0.2) is 23.5 Å². The Morgan fingerprint density at radius 2 is 1.75 bits per heavy atom. The number of rotatable bonds is 5. The molecule has 20 heavy (non-hydrogen) atoms. The van der Waals surface area contributed by atoms with E-state index < -0.39 is 0 Å². The topological polar surface area (TPSA) is 29.3 Å². The number of halogens is 2. The molecule has 112 valence electrons. The summed E-state index contributed by atoms with van der Waals surface area (Å²) in [6.45, 7) is 6.77. The van der Waals surface area contributed by atoms with Crippen molar-refractivity contribution in [1.29, 1.82) is 0 Å². The van der Waals surface area contributed by atoms with Crippen molar-refractivity contribution < 1.29 is 0 Å². The van der Waals surface area contributed by atoms with Crippen LogP contribution in [-0.2, 0) is 0 Å². The van der Waals surface area contributed by atoms with Gasteiger partial charge in [0.25, 0.3) is 0 Å². The molecule has 0 aromatic heterocycles. The van der Waals surface area contributed by atoms with Gasteiger partial charge < -0.3 is 5.73 Å². The molecule has 1 aromatic carbocycles. The second-order valence-electron chi connectivity index (χ2n) is 5.66. The van der Waals surface area contributed by atoms with Gasteiger partial charge in [0.15, 0.2) is 0 Å². The highest BCUT2D eigenvalue weighted by Gasteiger charge is 2.41. The number of likely N-dealkylation sites (tertiary alicyclic amines) is 1. The second kappa shape index (κ2) is 6.65. The third kappa shape index (κ3) is 2.85. The van der Waals surface area contributed by atoms with Crippen LogP contribution in [0.5, 0.6) is 0 Å². The van der Waals surface area contributed by atoms with E-state index in [2.05, 4.69) is 18.7 Å². The molecule has 1 fully saturated rings. The first-order chi connectivity index (χ1) is 9.55. The van der Waals surface area contributed by atoms with Gasteiger partial charge in [-0.25, -0.2) is 0 Å². The summed E-state index contributed by atoms with van der Waals surface area (Å²) >= 11 is 12.2. The second-order valence-corrected chi connectivity index (χ2v) is 6.47. The van der Waals surface area contributed by atoms with Crippen LogP contribution in [0, 0.1) is 0 Å². The predicted molar refractivity (Wildman–Crippen MR) is 87.5 cm³/mol. The molecule has 1 heterocycles. The Kier molecular flexibility index (Phi) is 5.36. The Morgan fingerprint density at radius 3 is 2.25 bits per heavy atom. The maximum absolute atomic E-state index is 6.65. The van der Waals surface area contributed by atoms with Crippen LogP contribution in [0.1, 0.15) is 51.1 Å². The summed E-state index contributed by atoms with van der Waals surface area (Å²) < 4.78 is 0. The normalized spacial score (nSPS) is 18.4. The predicted octanol–water partition coefficient (Wildman–Crippen LogP) is 4.65. The van der Waals surface area contributed by atoms with Crippen molar-refractivity contribution in [3.05, 3.63) is 33.8 Å². The average molecular weight is 315 g/mol. The molecule has 1 unspecified atom stereocenters. The van der Waals surface area contributed by atoms with Crippen LogP contribution >= 0.6 is 23.2 Å². The molecule has 1 aromatic rings. The first kappa shape index (κ1) is 16.1. The van der Waals surface area contributed by atoms with Crippen molar-refractivity contribution in [1.82, 2.24) is 4.90 Å². The van der Waals surface area contributed by atoms with Crippen molar-refractivity contribution in [2.75, 3.05) is 13.1 Å². The van der Waals surface area contributed by atoms with Crippen molar-refractivity contribution in [3.63, 3.8) is 0 Å². The van der Waals surface area contributed by atoms with Crippen molar-refractivity contribution >= 4 is 23.2 Å². The van der Waals surface area contributed by atoms with Gasteiger partial charge in [-0.15, -0.1) is 0 Å². The standard InChI is InChI=1S/C16H24Cl2N2/c1-3-16(4-2,20-9-5-6-10-20)15(19)12-7-8-13(17)14(18)11-12/h7-8,11,15H,3-6,9-10,19H2,1-2H3. The zero-order valence-electron chi connectivity index (χ0n) is 12.3. The summed E-state index contributed by atoms with van der Waals surface area (Å²) in [5.74, 6) is 0. The van der Waals surface area contributed by atoms with E-state index in [-0.39, 0.29) is 11.6 Å². The van der Waals surface area contributed by atoms with Crippen LogP contribution in [0.25, 0.3) is 0 Å². The van der Waals surface area contributed by atoms with Gasteiger partial charge in [-0.3, -0.25) is 4.90 Å². The molecule has 0 amide bonds. The molecule has 0 saturated carbocycles. The van der Waals surface area contributed by atoms with Gasteiger partial charge in [-0.1, -0.05) is 43.1 Å². The lowest BCUT2D eigenvalue weighted by Gasteiger charge is -2.45. The lowest BCUT2D eigenvalue weighted by atomic mass is 9.80. The quantitative estimate of drug-likeness (QED) is 0.857. The summed E-state index contributed by atoms with van der Waals surface area (Å²) in [6, 6.07) is 5.74. The fourth-order valence-corrected chi connectivity index (χ4v) is 3.82. The minimum Gasteiger partial charge on any atom is -0.322 e. The monoisotopic (exact) mass is 314 g/mol. The largest absolute Gasteiger partial charge is 0.322 e. The highest BCUT2D eigenvalue weighted by Crippen LogP contribution is 2.39. The van der Waals surface area contributed by atoms with Crippen LogP contribution < -0.4 is 5.73 Å². The highest BCUT2D eigenvalue weighted by atomic mass is 35.5. The van der Waals surface area contributed by atoms with Gasteiger partial charge in [0, 0.05) is 11.6 Å². The lowest BCUT2D eigenvalue weighted by molar-refractivity contribution is 0.0767. The number of benzene rings is 1. The summed E-state index contributed by atoms with van der Waals surface area (Å²) in [6.07, 6.45) is 4.64. The van der Waals surface area contributed by atoms with Crippen LogP contribution in [0.2, 0.25) is 10.0 Å². The van der Waals surface area contributed by atoms with E-state index >= 15 is 0 Å². The Labute approximate surface area is 132 Å². The molecule has 1 saturated heterocycles. The molecule has 0 bridgehead atoms. The molecule has 4 heteroatoms. The van der Waals surface area contributed by atoms with Crippen molar-refractivity contribution in [3.8, 4) is 0 Å². The SMILES string of the molecule is CCC(CC)(C(N)c1ccc(Cl)c(Cl)c1)N1CCCC1. The molecule has 2 N–H and O–H groups in total. The zero-order chi connectivity index (χ0) is 14.8. The molecule has 2 rings (SSSR count). The van der Waals surface area contributed by atoms with Gasteiger partial charge in [0.1, 0.15) is 0 Å².